The molecule has 78 valence electrons. The van der Waals surface area contributed by atoms with Gasteiger partial charge in [-0.1, -0.05) is 0 Å². The van der Waals surface area contributed by atoms with Gasteiger partial charge in [-0.15, -0.1) is 0 Å². The van der Waals surface area contributed by atoms with Crippen LogP contribution in [0.4, 0.5) is 0 Å². The smallest absolute Gasteiger partial charge is 0.221 e. The second-order valence-corrected chi connectivity index (χ2v) is 2.66. The minimum Gasteiger partial charge on any atom is -0.382 e. The molecule has 0 saturated heterocycles. The molecule has 0 heterocycles. The topological polar surface area (TPSA) is 73.6 Å². The lowest BCUT2D eigenvalue weighted by Crippen LogP contribution is -2.36. The highest BCUT2D eigenvalue weighted by atomic mass is 16.5. The second-order valence-electron chi connectivity index (χ2n) is 2.66. The van der Waals surface area contributed by atoms with Crippen LogP contribution >= 0.6 is 0 Å². The molecule has 0 aromatic heterocycles. The van der Waals surface area contributed by atoms with Crippen molar-refractivity contribution in [3.63, 3.8) is 0 Å². The van der Waals surface area contributed by atoms with Gasteiger partial charge in [0.1, 0.15) is 0 Å². The Hall–Kier alpha value is -0.650. The zero-order valence-corrected chi connectivity index (χ0v) is 8.21. The van der Waals surface area contributed by atoms with Gasteiger partial charge in [-0.2, -0.15) is 0 Å². The number of nitrogens with two attached hydrogens (primary N) is 1. The Morgan fingerprint density at radius 2 is 2.23 bits per heavy atom. The van der Waals surface area contributed by atoms with Crippen LogP contribution in [0.3, 0.4) is 0 Å². The highest BCUT2D eigenvalue weighted by Crippen LogP contribution is 1.88. The van der Waals surface area contributed by atoms with E-state index in [1.807, 2.05) is 0 Å². The first-order valence-corrected chi connectivity index (χ1v) is 4.23. The average Bonchev–Trinajstić information content (AvgIpc) is 2.12. The molecule has 0 spiro atoms. The largest absolute Gasteiger partial charge is 0.382 e. The number of carbonyl (C=O) groups is 1. The predicted molar refractivity (Wildman–Crippen MR) is 49.4 cm³/mol. The van der Waals surface area contributed by atoms with E-state index in [1.165, 1.54) is 0 Å². The first-order valence-electron chi connectivity index (χ1n) is 4.23. The van der Waals surface area contributed by atoms with Gasteiger partial charge >= 0.3 is 0 Å². The Kier molecular flexibility index (Phi) is 7.57. The normalized spacial score (nSPS) is 12.5. The maximum Gasteiger partial charge on any atom is 0.221 e. The summed E-state index contributed by atoms with van der Waals surface area (Å²) in [4.78, 5) is 11.0. The van der Waals surface area contributed by atoms with E-state index in [0.29, 0.717) is 26.1 Å². The fraction of sp³-hybridized carbons (Fsp3) is 0.875. The number of hydrogen-bond acceptors (Lipinski definition) is 4. The monoisotopic (exact) mass is 190 g/mol. The standard InChI is InChI=1S/C8H18N2O3/c1-12-6-7(13-2)5-10-8(11)3-4-9/h7H,3-6,9H2,1-2H3,(H,10,11). The molecule has 1 atom stereocenters. The molecule has 0 aromatic rings. The van der Waals surface area contributed by atoms with Crippen molar-refractivity contribution in [1.29, 1.82) is 0 Å². The van der Waals surface area contributed by atoms with Crippen LogP contribution < -0.4 is 11.1 Å². The van der Waals surface area contributed by atoms with Crippen molar-refractivity contribution in [2.75, 3.05) is 33.9 Å². The number of hydrogen-bond donors (Lipinski definition) is 2. The highest BCUT2D eigenvalue weighted by Gasteiger charge is 2.07. The Labute approximate surface area is 78.6 Å². The zero-order chi connectivity index (χ0) is 10.1. The quantitative estimate of drug-likeness (QED) is 0.546. The van der Waals surface area contributed by atoms with E-state index < -0.39 is 0 Å². The number of rotatable bonds is 7. The molecule has 0 aliphatic heterocycles. The lowest BCUT2D eigenvalue weighted by molar-refractivity contribution is -0.121. The Morgan fingerprint density at radius 3 is 2.69 bits per heavy atom. The summed E-state index contributed by atoms with van der Waals surface area (Å²) in [5.74, 6) is -0.0550. The van der Waals surface area contributed by atoms with Gasteiger partial charge in [0.05, 0.1) is 12.7 Å². The maximum atomic E-state index is 11.0. The summed E-state index contributed by atoms with van der Waals surface area (Å²) in [7, 11) is 3.17. The van der Waals surface area contributed by atoms with Gasteiger partial charge in [-0.3, -0.25) is 4.79 Å². The highest BCUT2D eigenvalue weighted by molar-refractivity contribution is 5.76. The second kappa shape index (κ2) is 7.97. The molecule has 5 heteroatoms. The van der Waals surface area contributed by atoms with Gasteiger partial charge in [-0.05, 0) is 0 Å². The molecule has 0 saturated carbocycles. The third kappa shape index (κ3) is 6.51. The predicted octanol–water partition coefficient (Wildman–Crippen LogP) is -0.887. The SMILES string of the molecule is COCC(CNC(=O)CCN)OC. The van der Waals surface area contributed by atoms with E-state index in [9.17, 15) is 4.79 Å². The maximum absolute atomic E-state index is 11.0. The van der Waals surface area contributed by atoms with E-state index in [1.54, 1.807) is 14.2 Å². The van der Waals surface area contributed by atoms with Crippen LogP contribution in [0.1, 0.15) is 6.42 Å². The molecule has 0 aromatic carbocycles. The average molecular weight is 190 g/mol. The summed E-state index contributed by atoms with van der Waals surface area (Å²) in [6.07, 6.45) is 0.260. The summed E-state index contributed by atoms with van der Waals surface area (Å²) in [5.41, 5.74) is 5.21. The lowest BCUT2D eigenvalue weighted by atomic mass is 10.3. The van der Waals surface area contributed by atoms with Crippen molar-refractivity contribution >= 4 is 5.91 Å². The van der Waals surface area contributed by atoms with Crippen LogP contribution in [0.15, 0.2) is 0 Å². The molecule has 0 bridgehead atoms. The lowest BCUT2D eigenvalue weighted by Gasteiger charge is -2.14. The molecule has 1 unspecified atom stereocenters. The van der Waals surface area contributed by atoms with Crippen LogP contribution in [0, 0.1) is 0 Å². The third-order valence-electron chi connectivity index (χ3n) is 1.58. The van der Waals surface area contributed by atoms with Crippen molar-refractivity contribution in [3.05, 3.63) is 0 Å². The summed E-state index contributed by atoms with van der Waals surface area (Å²) < 4.78 is 9.93. The first-order chi connectivity index (χ1) is 6.24. The van der Waals surface area contributed by atoms with E-state index in [4.69, 9.17) is 15.2 Å². The van der Waals surface area contributed by atoms with Crippen molar-refractivity contribution < 1.29 is 14.3 Å². The molecule has 5 nitrogen and oxygen atoms in total. The molecule has 0 aliphatic rings. The van der Waals surface area contributed by atoms with Crippen LogP contribution in [0.2, 0.25) is 0 Å². The number of ether oxygens (including phenoxy) is 2. The van der Waals surface area contributed by atoms with Gasteiger partial charge in [0.2, 0.25) is 5.91 Å². The van der Waals surface area contributed by atoms with E-state index in [0.717, 1.165) is 0 Å². The first kappa shape index (κ1) is 12.3. The summed E-state index contributed by atoms with van der Waals surface area (Å²) in [6.45, 7) is 1.30. The number of nitrogens with one attached hydrogen (secondary N) is 1. The van der Waals surface area contributed by atoms with E-state index in [-0.39, 0.29) is 12.0 Å². The summed E-state index contributed by atoms with van der Waals surface area (Å²) in [6, 6.07) is 0. The fourth-order valence-corrected chi connectivity index (χ4v) is 0.843. The van der Waals surface area contributed by atoms with Crippen LogP contribution in [-0.4, -0.2) is 45.9 Å². The molecule has 0 rings (SSSR count). The van der Waals surface area contributed by atoms with Crippen molar-refractivity contribution in [2.45, 2.75) is 12.5 Å². The van der Waals surface area contributed by atoms with Crippen molar-refractivity contribution in [2.24, 2.45) is 5.73 Å². The minimum absolute atomic E-state index is 0.0550. The van der Waals surface area contributed by atoms with Crippen LogP contribution in [0.25, 0.3) is 0 Å². The van der Waals surface area contributed by atoms with Gasteiger partial charge in [0.25, 0.3) is 0 Å². The molecule has 0 fully saturated rings. The number of methoxy groups -OCH3 is 2. The molecule has 13 heavy (non-hydrogen) atoms. The third-order valence-corrected chi connectivity index (χ3v) is 1.58. The minimum atomic E-state index is -0.0910. The Morgan fingerprint density at radius 1 is 1.54 bits per heavy atom. The zero-order valence-electron chi connectivity index (χ0n) is 8.21. The van der Waals surface area contributed by atoms with Crippen LogP contribution in [-0.2, 0) is 14.3 Å². The van der Waals surface area contributed by atoms with Gasteiger partial charge < -0.3 is 20.5 Å². The van der Waals surface area contributed by atoms with Gasteiger partial charge in [-0.25, -0.2) is 0 Å². The number of carbonyl (C=O) groups excluding carboxylic acids is 1. The van der Waals surface area contributed by atoms with E-state index in [2.05, 4.69) is 5.32 Å². The molecule has 3 N–H and O–H groups in total. The Bertz CT molecular complexity index is 141. The molecule has 1 amide bonds. The molecule has 0 radical (unpaired) electrons. The van der Waals surface area contributed by atoms with Crippen LogP contribution in [0.5, 0.6) is 0 Å². The summed E-state index contributed by atoms with van der Waals surface area (Å²) in [5, 5.41) is 2.70. The van der Waals surface area contributed by atoms with Crippen molar-refractivity contribution in [1.82, 2.24) is 5.32 Å². The van der Waals surface area contributed by atoms with Crippen molar-refractivity contribution in [3.8, 4) is 0 Å². The van der Waals surface area contributed by atoms with Gasteiger partial charge in [0.15, 0.2) is 0 Å². The molecule has 0 aliphatic carbocycles. The molecular weight excluding hydrogens is 172 g/mol. The summed E-state index contributed by atoms with van der Waals surface area (Å²) >= 11 is 0. The fourth-order valence-electron chi connectivity index (χ4n) is 0.843. The number of amides is 1. The Balaban J connectivity index is 3.52. The van der Waals surface area contributed by atoms with E-state index >= 15 is 0 Å². The molecular formula is C8H18N2O3. The van der Waals surface area contributed by atoms with Gasteiger partial charge in [0, 0.05) is 33.7 Å².